The average molecular weight is 316 g/mol. The zero-order valence-electron chi connectivity index (χ0n) is 14.6. The predicted octanol–water partition coefficient (Wildman–Crippen LogP) is 3.94. The summed E-state index contributed by atoms with van der Waals surface area (Å²) < 4.78 is 0. The smallest absolute Gasteiger partial charge is 0.246 e. The number of likely N-dealkylation sites (N-methyl/N-ethyl adjacent to an activating group) is 1. The first-order valence-electron chi connectivity index (χ1n) is 8.34. The molecule has 1 aromatic carbocycles. The second kappa shape index (κ2) is 9.82. The molecule has 0 atom stereocenters. The van der Waals surface area contributed by atoms with Crippen LogP contribution in [0, 0.1) is 5.92 Å². The third-order valence-electron chi connectivity index (χ3n) is 3.98. The zero-order valence-corrected chi connectivity index (χ0v) is 14.6. The SMILES string of the molecule is CCC(CC)CN(CC)C(=O)/C=C/c1ccc(NC(C)=O)cc1. The number of hydrogen-bond donors (Lipinski definition) is 1. The molecule has 0 aliphatic heterocycles. The first-order chi connectivity index (χ1) is 11.0. The highest BCUT2D eigenvalue weighted by atomic mass is 16.2. The van der Waals surface area contributed by atoms with E-state index in [0.29, 0.717) is 5.92 Å². The van der Waals surface area contributed by atoms with Gasteiger partial charge in [-0.2, -0.15) is 0 Å². The summed E-state index contributed by atoms with van der Waals surface area (Å²) >= 11 is 0. The molecule has 0 spiro atoms. The lowest BCUT2D eigenvalue weighted by Crippen LogP contribution is -2.33. The summed E-state index contributed by atoms with van der Waals surface area (Å²) in [7, 11) is 0. The van der Waals surface area contributed by atoms with Crippen molar-refractivity contribution < 1.29 is 9.59 Å². The van der Waals surface area contributed by atoms with Crippen LogP contribution >= 0.6 is 0 Å². The molecule has 0 aromatic heterocycles. The van der Waals surface area contributed by atoms with Gasteiger partial charge >= 0.3 is 0 Å². The van der Waals surface area contributed by atoms with Gasteiger partial charge in [0, 0.05) is 31.8 Å². The molecule has 4 nitrogen and oxygen atoms in total. The molecule has 0 saturated carbocycles. The largest absolute Gasteiger partial charge is 0.339 e. The van der Waals surface area contributed by atoms with Crippen LogP contribution in [0.1, 0.15) is 46.1 Å². The number of nitrogens with one attached hydrogen (secondary N) is 1. The van der Waals surface area contributed by atoms with Crippen LogP contribution in [0.25, 0.3) is 6.08 Å². The van der Waals surface area contributed by atoms with Gasteiger partial charge in [-0.1, -0.05) is 38.8 Å². The molecule has 0 aliphatic carbocycles. The first kappa shape index (κ1) is 18.9. The second-order valence-corrected chi connectivity index (χ2v) is 5.70. The summed E-state index contributed by atoms with van der Waals surface area (Å²) in [5, 5.41) is 2.72. The highest BCUT2D eigenvalue weighted by molar-refractivity contribution is 5.92. The van der Waals surface area contributed by atoms with E-state index in [9.17, 15) is 9.59 Å². The molecule has 0 bridgehead atoms. The number of anilines is 1. The molecule has 1 rings (SSSR count). The number of rotatable bonds is 8. The Bertz CT molecular complexity index is 531. The minimum atomic E-state index is -0.0940. The monoisotopic (exact) mass is 316 g/mol. The molecule has 0 fully saturated rings. The van der Waals surface area contributed by atoms with Crippen molar-refractivity contribution in [2.45, 2.75) is 40.5 Å². The number of carbonyl (C=O) groups is 2. The molecule has 0 radical (unpaired) electrons. The molecule has 0 aliphatic rings. The van der Waals surface area contributed by atoms with Crippen molar-refractivity contribution >= 4 is 23.6 Å². The van der Waals surface area contributed by atoms with Crippen LogP contribution in [0.5, 0.6) is 0 Å². The highest BCUT2D eigenvalue weighted by Gasteiger charge is 2.13. The summed E-state index contributed by atoms with van der Waals surface area (Å²) in [6.07, 6.45) is 5.62. The van der Waals surface area contributed by atoms with Gasteiger partial charge in [0.05, 0.1) is 0 Å². The summed E-state index contributed by atoms with van der Waals surface area (Å²) in [6, 6.07) is 7.42. The Morgan fingerprint density at radius 2 is 1.74 bits per heavy atom. The Morgan fingerprint density at radius 1 is 1.13 bits per heavy atom. The molecule has 0 unspecified atom stereocenters. The van der Waals surface area contributed by atoms with E-state index < -0.39 is 0 Å². The summed E-state index contributed by atoms with van der Waals surface area (Å²) in [5.41, 5.74) is 1.69. The van der Waals surface area contributed by atoms with E-state index in [4.69, 9.17) is 0 Å². The van der Waals surface area contributed by atoms with Crippen LogP contribution in [-0.2, 0) is 9.59 Å². The average Bonchev–Trinajstić information content (AvgIpc) is 2.54. The van der Waals surface area contributed by atoms with Crippen LogP contribution < -0.4 is 5.32 Å². The Hall–Kier alpha value is -2.10. The van der Waals surface area contributed by atoms with E-state index >= 15 is 0 Å². The molecule has 1 N–H and O–H groups in total. The first-order valence-corrected chi connectivity index (χ1v) is 8.34. The highest BCUT2D eigenvalue weighted by Crippen LogP contribution is 2.12. The molecule has 23 heavy (non-hydrogen) atoms. The maximum absolute atomic E-state index is 12.3. The zero-order chi connectivity index (χ0) is 17.2. The van der Waals surface area contributed by atoms with Gasteiger partial charge in [0.15, 0.2) is 0 Å². The Labute approximate surface area is 139 Å². The molecule has 2 amide bonds. The van der Waals surface area contributed by atoms with Gasteiger partial charge in [-0.3, -0.25) is 9.59 Å². The maximum atomic E-state index is 12.3. The van der Waals surface area contributed by atoms with Gasteiger partial charge in [0.2, 0.25) is 11.8 Å². The third-order valence-corrected chi connectivity index (χ3v) is 3.98. The molecule has 0 saturated heterocycles. The summed E-state index contributed by atoms with van der Waals surface area (Å²) in [6.45, 7) is 9.36. The third kappa shape index (κ3) is 6.68. The maximum Gasteiger partial charge on any atom is 0.246 e. The minimum absolute atomic E-state index is 0.0466. The molecular weight excluding hydrogens is 288 g/mol. The lowest BCUT2D eigenvalue weighted by molar-refractivity contribution is -0.126. The minimum Gasteiger partial charge on any atom is -0.339 e. The lowest BCUT2D eigenvalue weighted by Gasteiger charge is -2.24. The topological polar surface area (TPSA) is 49.4 Å². The molecule has 1 aromatic rings. The van der Waals surface area contributed by atoms with E-state index in [2.05, 4.69) is 19.2 Å². The summed E-state index contributed by atoms with van der Waals surface area (Å²) in [5.74, 6) is 0.512. The number of benzene rings is 1. The van der Waals surface area contributed by atoms with Gasteiger partial charge < -0.3 is 10.2 Å². The van der Waals surface area contributed by atoms with Crippen molar-refractivity contribution in [1.29, 1.82) is 0 Å². The molecular formula is C19H28N2O2. The fourth-order valence-electron chi connectivity index (χ4n) is 2.39. The van der Waals surface area contributed by atoms with E-state index in [1.807, 2.05) is 42.2 Å². The van der Waals surface area contributed by atoms with Gasteiger partial charge in [0.25, 0.3) is 0 Å². The van der Waals surface area contributed by atoms with Gasteiger partial charge in [-0.05, 0) is 36.6 Å². The van der Waals surface area contributed by atoms with E-state index in [-0.39, 0.29) is 11.8 Å². The van der Waals surface area contributed by atoms with E-state index in [1.165, 1.54) is 6.92 Å². The Kier molecular flexibility index (Phi) is 8.09. The molecule has 4 heteroatoms. The summed E-state index contributed by atoms with van der Waals surface area (Å²) in [4.78, 5) is 25.2. The van der Waals surface area contributed by atoms with Crippen molar-refractivity contribution in [3.05, 3.63) is 35.9 Å². The van der Waals surface area contributed by atoms with Crippen LogP contribution in [0.2, 0.25) is 0 Å². The normalized spacial score (nSPS) is 11.0. The van der Waals surface area contributed by atoms with Crippen molar-refractivity contribution in [2.24, 2.45) is 5.92 Å². The number of amides is 2. The van der Waals surface area contributed by atoms with Crippen molar-refractivity contribution in [1.82, 2.24) is 4.90 Å². The number of carbonyl (C=O) groups excluding carboxylic acids is 2. The van der Waals surface area contributed by atoms with Crippen molar-refractivity contribution in [2.75, 3.05) is 18.4 Å². The van der Waals surface area contributed by atoms with E-state index in [1.54, 1.807) is 6.08 Å². The van der Waals surface area contributed by atoms with Crippen LogP contribution in [0.15, 0.2) is 30.3 Å². The standard InChI is InChI=1S/C19H28N2O2/c1-5-16(6-2)14-21(7-3)19(23)13-10-17-8-11-18(12-9-17)20-15(4)22/h8-13,16H,5-7,14H2,1-4H3,(H,20,22)/b13-10+. The lowest BCUT2D eigenvalue weighted by atomic mass is 10.0. The predicted molar refractivity (Wildman–Crippen MR) is 96.1 cm³/mol. The van der Waals surface area contributed by atoms with Crippen molar-refractivity contribution in [3.63, 3.8) is 0 Å². The van der Waals surface area contributed by atoms with E-state index in [0.717, 1.165) is 37.2 Å². The van der Waals surface area contributed by atoms with Gasteiger partial charge in [-0.25, -0.2) is 0 Å². The van der Waals surface area contributed by atoms with Crippen LogP contribution in [0.4, 0.5) is 5.69 Å². The quantitative estimate of drug-likeness (QED) is 0.738. The molecule has 126 valence electrons. The van der Waals surface area contributed by atoms with Crippen LogP contribution in [0.3, 0.4) is 0 Å². The van der Waals surface area contributed by atoms with Crippen molar-refractivity contribution in [3.8, 4) is 0 Å². The molecule has 0 heterocycles. The van der Waals surface area contributed by atoms with Gasteiger partial charge in [-0.15, -0.1) is 0 Å². The fourth-order valence-corrected chi connectivity index (χ4v) is 2.39. The Morgan fingerprint density at radius 3 is 2.22 bits per heavy atom. The number of hydrogen-bond acceptors (Lipinski definition) is 2. The Balaban J connectivity index is 2.66. The van der Waals surface area contributed by atoms with Crippen LogP contribution in [-0.4, -0.2) is 29.8 Å². The van der Waals surface area contributed by atoms with Gasteiger partial charge in [0.1, 0.15) is 0 Å². The fraction of sp³-hybridized carbons (Fsp3) is 0.474. The second-order valence-electron chi connectivity index (χ2n) is 5.70. The number of nitrogens with zero attached hydrogens (tertiary/aromatic N) is 1.